The Kier molecular flexibility index (Phi) is 3.93. The van der Waals surface area contributed by atoms with Gasteiger partial charge in [0, 0.05) is 11.7 Å². The number of hydrogen-bond donors (Lipinski definition) is 2. The van der Waals surface area contributed by atoms with E-state index in [-0.39, 0.29) is 10.9 Å². The SMILES string of the molecule is CCC(C)NS(=O)(=O)c1cc(N)ccc1C. The van der Waals surface area contributed by atoms with Gasteiger partial charge in [-0.05, 0) is 38.0 Å². The van der Waals surface area contributed by atoms with E-state index in [1.165, 1.54) is 6.07 Å². The van der Waals surface area contributed by atoms with Crippen molar-refractivity contribution in [1.29, 1.82) is 0 Å². The zero-order valence-corrected chi connectivity index (χ0v) is 10.6. The van der Waals surface area contributed by atoms with E-state index < -0.39 is 10.0 Å². The van der Waals surface area contributed by atoms with E-state index in [4.69, 9.17) is 5.73 Å². The summed E-state index contributed by atoms with van der Waals surface area (Å²) in [5.74, 6) is 0. The summed E-state index contributed by atoms with van der Waals surface area (Å²) in [6, 6.07) is 4.81. The summed E-state index contributed by atoms with van der Waals surface area (Å²) in [5, 5.41) is 0. The largest absolute Gasteiger partial charge is 0.399 e. The maximum Gasteiger partial charge on any atom is 0.241 e. The molecule has 0 saturated carbocycles. The molecule has 1 aromatic carbocycles. The van der Waals surface area contributed by atoms with E-state index in [0.717, 1.165) is 6.42 Å². The normalized spacial score (nSPS) is 13.7. The van der Waals surface area contributed by atoms with E-state index in [2.05, 4.69) is 4.72 Å². The van der Waals surface area contributed by atoms with Crippen LogP contribution in [0.3, 0.4) is 0 Å². The van der Waals surface area contributed by atoms with Crippen molar-refractivity contribution in [3.05, 3.63) is 23.8 Å². The molecular weight excluding hydrogens is 224 g/mol. The van der Waals surface area contributed by atoms with E-state index in [1.807, 2.05) is 13.8 Å². The van der Waals surface area contributed by atoms with Crippen molar-refractivity contribution in [1.82, 2.24) is 4.72 Å². The van der Waals surface area contributed by atoms with Crippen LogP contribution >= 0.6 is 0 Å². The van der Waals surface area contributed by atoms with Crippen LogP contribution < -0.4 is 10.5 Å². The van der Waals surface area contributed by atoms with Crippen LogP contribution in [-0.2, 0) is 10.0 Å². The first-order valence-electron chi connectivity index (χ1n) is 5.25. The number of aryl methyl sites for hydroxylation is 1. The second-order valence-electron chi connectivity index (χ2n) is 3.96. The maximum atomic E-state index is 12.0. The Morgan fingerprint density at radius 3 is 2.62 bits per heavy atom. The van der Waals surface area contributed by atoms with Gasteiger partial charge in [-0.25, -0.2) is 13.1 Å². The topological polar surface area (TPSA) is 72.2 Å². The Hall–Kier alpha value is -1.07. The standard InChI is InChI=1S/C11H18N2O2S/c1-4-9(3)13-16(14,15)11-7-10(12)6-5-8(11)2/h5-7,9,13H,4,12H2,1-3H3. The molecular formula is C11H18N2O2S. The van der Waals surface area contributed by atoms with Crippen molar-refractivity contribution in [2.24, 2.45) is 0 Å². The zero-order chi connectivity index (χ0) is 12.3. The molecule has 0 heterocycles. The van der Waals surface area contributed by atoms with Crippen LogP contribution in [0.4, 0.5) is 5.69 Å². The Morgan fingerprint density at radius 1 is 1.44 bits per heavy atom. The average Bonchev–Trinajstić information content (AvgIpc) is 2.20. The van der Waals surface area contributed by atoms with E-state index in [1.54, 1.807) is 19.1 Å². The maximum absolute atomic E-state index is 12.0. The van der Waals surface area contributed by atoms with Gasteiger partial charge in [-0.3, -0.25) is 0 Å². The van der Waals surface area contributed by atoms with Crippen molar-refractivity contribution in [2.75, 3.05) is 5.73 Å². The van der Waals surface area contributed by atoms with Gasteiger partial charge < -0.3 is 5.73 Å². The molecule has 1 rings (SSSR count). The van der Waals surface area contributed by atoms with Gasteiger partial charge in [0.25, 0.3) is 0 Å². The monoisotopic (exact) mass is 242 g/mol. The lowest BCUT2D eigenvalue weighted by atomic mass is 10.2. The van der Waals surface area contributed by atoms with Gasteiger partial charge in [-0.1, -0.05) is 13.0 Å². The predicted molar refractivity (Wildman–Crippen MR) is 65.7 cm³/mol. The number of nitrogen functional groups attached to an aromatic ring is 1. The van der Waals surface area contributed by atoms with Gasteiger partial charge in [-0.2, -0.15) is 0 Å². The van der Waals surface area contributed by atoms with Crippen molar-refractivity contribution >= 4 is 15.7 Å². The Labute approximate surface area is 96.9 Å². The molecule has 1 unspecified atom stereocenters. The third-order valence-electron chi connectivity index (χ3n) is 2.47. The number of rotatable bonds is 4. The van der Waals surface area contributed by atoms with Crippen LogP contribution in [0.2, 0.25) is 0 Å². The van der Waals surface area contributed by atoms with Gasteiger partial charge in [0.15, 0.2) is 0 Å². The molecule has 0 aliphatic rings. The molecule has 1 atom stereocenters. The van der Waals surface area contributed by atoms with E-state index >= 15 is 0 Å². The van der Waals surface area contributed by atoms with Gasteiger partial charge >= 0.3 is 0 Å². The second-order valence-corrected chi connectivity index (χ2v) is 5.64. The summed E-state index contributed by atoms with van der Waals surface area (Å²) in [5.41, 5.74) is 6.75. The number of hydrogen-bond acceptors (Lipinski definition) is 3. The molecule has 0 saturated heterocycles. The number of nitrogens with two attached hydrogens (primary N) is 1. The lowest BCUT2D eigenvalue weighted by molar-refractivity contribution is 0.555. The third kappa shape index (κ3) is 2.96. The lowest BCUT2D eigenvalue weighted by Gasteiger charge is -2.14. The van der Waals surface area contributed by atoms with Crippen molar-refractivity contribution < 1.29 is 8.42 Å². The van der Waals surface area contributed by atoms with Crippen molar-refractivity contribution in [3.8, 4) is 0 Å². The molecule has 0 spiro atoms. The molecule has 90 valence electrons. The molecule has 1 aromatic rings. The smallest absolute Gasteiger partial charge is 0.241 e. The molecule has 0 amide bonds. The van der Waals surface area contributed by atoms with Crippen molar-refractivity contribution in [3.63, 3.8) is 0 Å². The molecule has 0 bridgehead atoms. The first kappa shape index (κ1) is 13.0. The molecule has 0 aliphatic carbocycles. The van der Waals surface area contributed by atoms with Crippen LogP contribution in [0.15, 0.2) is 23.1 Å². The molecule has 0 aliphatic heterocycles. The third-order valence-corrected chi connectivity index (χ3v) is 4.20. The minimum atomic E-state index is -3.45. The Bertz CT molecular complexity index is 469. The Morgan fingerprint density at radius 2 is 2.06 bits per heavy atom. The molecule has 4 nitrogen and oxygen atoms in total. The summed E-state index contributed by atoms with van der Waals surface area (Å²) in [4.78, 5) is 0.257. The molecule has 0 aromatic heterocycles. The second kappa shape index (κ2) is 4.84. The van der Waals surface area contributed by atoms with E-state index in [0.29, 0.717) is 11.3 Å². The Balaban J connectivity index is 3.12. The summed E-state index contributed by atoms with van der Waals surface area (Å²) >= 11 is 0. The fourth-order valence-electron chi connectivity index (χ4n) is 1.32. The van der Waals surface area contributed by atoms with Gasteiger partial charge in [-0.15, -0.1) is 0 Å². The lowest BCUT2D eigenvalue weighted by Crippen LogP contribution is -2.32. The fourth-order valence-corrected chi connectivity index (χ4v) is 2.92. The van der Waals surface area contributed by atoms with Gasteiger partial charge in [0.2, 0.25) is 10.0 Å². The van der Waals surface area contributed by atoms with Crippen LogP contribution in [-0.4, -0.2) is 14.5 Å². The summed E-state index contributed by atoms with van der Waals surface area (Å²) < 4.78 is 26.6. The number of anilines is 1. The quantitative estimate of drug-likeness (QED) is 0.789. The highest BCUT2D eigenvalue weighted by Gasteiger charge is 2.18. The first-order valence-corrected chi connectivity index (χ1v) is 6.73. The molecule has 3 N–H and O–H groups in total. The summed E-state index contributed by atoms with van der Waals surface area (Å²) in [7, 11) is -3.45. The summed E-state index contributed by atoms with van der Waals surface area (Å²) in [6.07, 6.45) is 0.751. The van der Waals surface area contributed by atoms with Crippen molar-refractivity contribution in [2.45, 2.75) is 38.1 Å². The van der Waals surface area contributed by atoms with Crippen LogP contribution in [0, 0.1) is 6.92 Å². The summed E-state index contributed by atoms with van der Waals surface area (Å²) in [6.45, 7) is 5.52. The van der Waals surface area contributed by atoms with Gasteiger partial charge in [0.1, 0.15) is 0 Å². The predicted octanol–water partition coefficient (Wildman–Crippen LogP) is 1.65. The van der Waals surface area contributed by atoms with Crippen LogP contribution in [0.25, 0.3) is 0 Å². The van der Waals surface area contributed by atoms with E-state index in [9.17, 15) is 8.42 Å². The number of sulfonamides is 1. The zero-order valence-electron chi connectivity index (χ0n) is 9.82. The highest BCUT2D eigenvalue weighted by Crippen LogP contribution is 2.18. The molecule has 16 heavy (non-hydrogen) atoms. The highest BCUT2D eigenvalue weighted by atomic mass is 32.2. The van der Waals surface area contributed by atoms with Crippen LogP contribution in [0.5, 0.6) is 0 Å². The number of nitrogens with one attached hydrogen (secondary N) is 1. The fraction of sp³-hybridized carbons (Fsp3) is 0.455. The average molecular weight is 242 g/mol. The first-order chi connectivity index (χ1) is 7.36. The van der Waals surface area contributed by atoms with Crippen LogP contribution in [0.1, 0.15) is 25.8 Å². The minimum absolute atomic E-state index is 0.0779. The molecule has 0 radical (unpaired) electrons. The number of benzene rings is 1. The molecule has 5 heteroatoms. The van der Waals surface area contributed by atoms with Gasteiger partial charge in [0.05, 0.1) is 4.90 Å². The molecule has 0 fully saturated rings. The minimum Gasteiger partial charge on any atom is -0.399 e. The highest BCUT2D eigenvalue weighted by molar-refractivity contribution is 7.89.